The Bertz CT molecular complexity index is 960. The Morgan fingerprint density at radius 2 is 1.96 bits per heavy atom. The number of carbonyl (C=O) groups excluding carboxylic acids is 2. The number of aromatic carboxylic acids is 1. The Morgan fingerprint density at radius 3 is 2.57 bits per heavy atom. The number of carbonyl (C=O) groups is 2. The van der Waals surface area contributed by atoms with Crippen LogP contribution in [-0.2, 0) is 0 Å². The standard InChI is InChI=1S/C18H17N3O6S/c1-3-27-15-8-7-11(9-14(15)21(25)26)16(22)20-18(28)19-13-6-4-5-12(10(13)2)17(23)24/h4-9H,3H2,1-2H3,(H,23,24)(H2,19,20,22,28)/p-1. The molecule has 2 aromatic carbocycles. The average Bonchev–Trinajstić information content (AvgIpc) is 2.63. The van der Waals surface area contributed by atoms with Gasteiger partial charge < -0.3 is 20.0 Å². The van der Waals surface area contributed by atoms with E-state index in [9.17, 15) is 24.8 Å². The van der Waals surface area contributed by atoms with Gasteiger partial charge in [0.15, 0.2) is 10.9 Å². The first-order valence-corrected chi connectivity index (χ1v) is 8.50. The maximum absolute atomic E-state index is 12.3. The molecule has 9 nitrogen and oxygen atoms in total. The van der Waals surface area contributed by atoms with Crippen molar-refractivity contribution in [1.82, 2.24) is 5.32 Å². The summed E-state index contributed by atoms with van der Waals surface area (Å²) < 4.78 is 5.17. The number of amides is 1. The van der Waals surface area contributed by atoms with Crippen molar-refractivity contribution >= 4 is 40.6 Å². The maximum atomic E-state index is 12.3. The first-order chi connectivity index (χ1) is 13.2. The van der Waals surface area contributed by atoms with Crippen molar-refractivity contribution in [3.05, 3.63) is 63.2 Å². The molecule has 0 atom stereocenters. The van der Waals surface area contributed by atoms with Crippen molar-refractivity contribution < 1.29 is 24.4 Å². The van der Waals surface area contributed by atoms with Gasteiger partial charge in [0.1, 0.15) is 0 Å². The lowest BCUT2D eigenvalue weighted by atomic mass is 10.1. The number of rotatable bonds is 6. The minimum absolute atomic E-state index is 0.0127. The van der Waals surface area contributed by atoms with Crippen molar-refractivity contribution in [1.29, 1.82) is 0 Å². The molecule has 0 saturated carbocycles. The molecular formula is C18H16N3O6S-. The number of benzene rings is 2. The van der Waals surface area contributed by atoms with Crippen LogP contribution in [0.4, 0.5) is 11.4 Å². The topological polar surface area (TPSA) is 134 Å². The van der Waals surface area contributed by atoms with Crippen molar-refractivity contribution in [2.45, 2.75) is 13.8 Å². The van der Waals surface area contributed by atoms with Gasteiger partial charge in [0.2, 0.25) is 0 Å². The summed E-state index contributed by atoms with van der Waals surface area (Å²) >= 11 is 5.07. The third kappa shape index (κ3) is 4.80. The highest BCUT2D eigenvalue weighted by Gasteiger charge is 2.19. The number of nitro groups is 1. The molecule has 2 N–H and O–H groups in total. The van der Waals surface area contributed by atoms with Gasteiger partial charge in [-0.1, -0.05) is 12.1 Å². The number of anilines is 1. The van der Waals surface area contributed by atoms with E-state index in [4.69, 9.17) is 17.0 Å². The lowest BCUT2D eigenvalue weighted by Crippen LogP contribution is -2.34. The van der Waals surface area contributed by atoms with E-state index in [1.54, 1.807) is 19.9 Å². The number of nitrogens with one attached hydrogen (secondary N) is 2. The Morgan fingerprint density at radius 1 is 1.25 bits per heavy atom. The van der Waals surface area contributed by atoms with Gasteiger partial charge in [-0.3, -0.25) is 20.2 Å². The number of ether oxygens (including phenoxy) is 1. The lowest BCUT2D eigenvalue weighted by molar-refractivity contribution is -0.385. The Balaban J connectivity index is 2.16. The molecule has 0 radical (unpaired) electrons. The molecule has 0 fully saturated rings. The van der Waals surface area contributed by atoms with Gasteiger partial charge in [-0.15, -0.1) is 0 Å². The zero-order valence-electron chi connectivity index (χ0n) is 15.0. The van der Waals surface area contributed by atoms with Gasteiger partial charge >= 0.3 is 5.69 Å². The zero-order valence-corrected chi connectivity index (χ0v) is 15.8. The number of nitrogens with zero attached hydrogens (tertiary/aromatic N) is 1. The van der Waals surface area contributed by atoms with Gasteiger partial charge in [0, 0.05) is 22.9 Å². The Hall–Kier alpha value is -3.53. The van der Waals surface area contributed by atoms with Crippen LogP contribution in [0.3, 0.4) is 0 Å². The highest BCUT2D eigenvalue weighted by molar-refractivity contribution is 7.80. The second-order valence-corrected chi connectivity index (χ2v) is 5.95. The van der Waals surface area contributed by atoms with E-state index in [1.807, 2.05) is 0 Å². The third-order valence-electron chi connectivity index (χ3n) is 3.75. The van der Waals surface area contributed by atoms with Crippen LogP contribution in [0.5, 0.6) is 5.75 Å². The molecule has 10 heteroatoms. The molecule has 0 aliphatic carbocycles. The number of carboxylic acids is 1. The van der Waals surface area contributed by atoms with E-state index >= 15 is 0 Å². The molecule has 0 unspecified atom stereocenters. The lowest BCUT2D eigenvalue weighted by Gasteiger charge is -2.15. The number of nitro benzene ring substituents is 1. The van der Waals surface area contributed by atoms with Crippen LogP contribution < -0.4 is 20.5 Å². The number of hydrogen-bond donors (Lipinski definition) is 2. The van der Waals surface area contributed by atoms with Gasteiger partial charge in [-0.05, 0) is 49.8 Å². The van der Waals surface area contributed by atoms with Crippen LogP contribution in [0.15, 0.2) is 36.4 Å². The minimum Gasteiger partial charge on any atom is -0.545 e. The SMILES string of the molecule is CCOc1ccc(C(=O)NC(=S)Nc2cccc(C(=O)[O-])c2C)cc1[N+](=O)[O-]. The largest absolute Gasteiger partial charge is 0.545 e. The molecule has 146 valence electrons. The second kappa shape index (κ2) is 8.91. The van der Waals surface area contributed by atoms with Crippen LogP contribution in [0.25, 0.3) is 0 Å². The van der Waals surface area contributed by atoms with Crippen LogP contribution in [0.1, 0.15) is 33.2 Å². The summed E-state index contributed by atoms with van der Waals surface area (Å²) in [7, 11) is 0. The quantitative estimate of drug-likeness (QED) is 0.424. The van der Waals surface area contributed by atoms with Crippen LogP contribution >= 0.6 is 12.2 Å². The van der Waals surface area contributed by atoms with Crippen molar-refractivity contribution in [2.24, 2.45) is 0 Å². The molecule has 28 heavy (non-hydrogen) atoms. The minimum atomic E-state index is -1.34. The molecule has 2 aromatic rings. The smallest absolute Gasteiger partial charge is 0.311 e. The number of hydrogen-bond acceptors (Lipinski definition) is 7. The molecule has 0 bridgehead atoms. The molecule has 0 saturated heterocycles. The van der Waals surface area contributed by atoms with E-state index in [1.165, 1.54) is 24.3 Å². The van der Waals surface area contributed by atoms with E-state index in [0.29, 0.717) is 11.3 Å². The highest BCUT2D eigenvalue weighted by Crippen LogP contribution is 2.28. The van der Waals surface area contributed by atoms with E-state index < -0.39 is 16.8 Å². The van der Waals surface area contributed by atoms with Crippen LogP contribution in [0.2, 0.25) is 0 Å². The molecule has 2 rings (SSSR count). The normalized spacial score (nSPS) is 10.1. The van der Waals surface area contributed by atoms with E-state index in [0.717, 1.165) is 6.07 Å². The summed E-state index contributed by atoms with van der Waals surface area (Å²) in [4.78, 5) is 33.9. The molecule has 0 aliphatic heterocycles. The molecule has 1 amide bonds. The highest BCUT2D eigenvalue weighted by atomic mass is 32.1. The second-order valence-electron chi connectivity index (χ2n) is 5.55. The van der Waals surface area contributed by atoms with Crippen molar-refractivity contribution in [3.8, 4) is 5.75 Å². The number of carboxylic acid groups (broad SMARTS) is 1. The van der Waals surface area contributed by atoms with Crippen LogP contribution in [0, 0.1) is 17.0 Å². The summed E-state index contributed by atoms with van der Waals surface area (Å²) in [5, 5.41) is 27.3. The Labute approximate surface area is 165 Å². The Kier molecular flexibility index (Phi) is 6.61. The third-order valence-corrected chi connectivity index (χ3v) is 3.95. The summed E-state index contributed by atoms with van der Waals surface area (Å²) in [6.07, 6.45) is 0. The predicted molar refractivity (Wildman–Crippen MR) is 103 cm³/mol. The first kappa shape index (κ1) is 20.8. The molecule has 0 spiro atoms. The summed E-state index contributed by atoms with van der Waals surface area (Å²) in [6, 6.07) is 8.27. The summed E-state index contributed by atoms with van der Waals surface area (Å²) in [5.41, 5.74) is 0.423. The molecule has 0 aromatic heterocycles. The van der Waals surface area contributed by atoms with E-state index in [2.05, 4.69) is 10.6 Å². The number of thiocarbonyl (C=S) groups is 1. The first-order valence-electron chi connectivity index (χ1n) is 8.09. The predicted octanol–water partition coefficient (Wildman–Crippen LogP) is 1.79. The maximum Gasteiger partial charge on any atom is 0.311 e. The zero-order chi connectivity index (χ0) is 20.8. The summed E-state index contributed by atoms with van der Waals surface area (Å²) in [5.74, 6) is -1.95. The van der Waals surface area contributed by atoms with Crippen molar-refractivity contribution in [2.75, 3.05) is 11.9 Å². The van der Waals surface area contributed by atoms with Gasteiger partial charge in [0.25, 0.3) is 5.91 Å². The van der Waals surface area contributed by atoms with Gasteiger partial charge in [0.05, 0.1) is 17.5 Å². The fourth-order valence-corrected chi connectivity index (χ4v) is 2.60. The monoisotopic (exact) mass is 402 g/mol. The fourth-order valence-electron chi connectivity index (χ4n) is 2.40. The van der Waals surface area contributed by atoms with E-state index in [-0.39, 0.29) is 34.3 Å². The average molecular weight is 402 g/mol. The molecule has 0 aliphatic rings. The fraction of sp³-hybridized carbons (Fsp3) is 0.167. The molecule has 0 heterocycles. The summed E-state index contributed by atoms with van der Waals surface area (Å²) in [6.45, 7) is 3.49. The van der Waals surface area contributed by atoms with Gasteiger partial charge in [-0.2, -0.15) is 0 Å². The van der Waals surface area contributed by atoms with Crippen LogP contribution in [-0.4, -0.2) is 28.5 Å². The molecular weight excluding hydrogens is 386 g/mol. The van der Waals surface area contributed by atoms with Crippen molar-refractivity contribution in [3.63, 3.8) is 0 Å². The van der Waals surface area contributed by atoms with Gasteiger partial charge in [-0.25, -0.2) is 0 Å².